The van der Waals surface area contributed by atoms with Crippen molar-refractivity contribution in [2.24, 2.45) is 5.92 Å². The predicted octanol–water partition coefficient (Wildman–Crippen LogP) is 8.15. The predicted molar refractivity (Wildman–Crippen MR) is 167 cm³/mol. The number of carbonyl (C=O) groups excluding carboxylic acids is 1. The number of ether oxygens (including phenoxy) is 1. The van der Waals surface area contributed by atoms with Crippen LogP contribution in [0.25, 0.3) is 22.0 Å². The molecule has 1 aliphatic rings. The van der Waals surface area contributed by atoms with Crippen LogP contribution < -0.4 is 20.5 Å². The molecular formula is C33H27Cl2N3O3. The lowest BCUT2D eigenvalue weighted by Crippen LogP contribution is -2.43. The van der Waals surface area contributed by atoms with Crippen LogP contribution in [0.1, 0.15) is 12.8 Å². The van der Waals surface area contributed by atoms with Crippen LogP contribution in [0.3, 0.4) is 0 Å². The van der Waals surface area contributed by atoms with Gasteiger partial charge in [-0.05, 0) is 66.9 Å². The average molecular weight is 585 g/mol. The van der Waals surface area contributed by atoms with Crippen LogP contribution in [0, 0.1) is 5.92 Å². The zero-order valence-electron chi connectivity index (χ0n) is 22.1. The lowest BCUT2D eigenvalue weighted by Gasteiger charge is -2.34. The third-order valence-electron chi connectivity index (χ3n) is 7.29. The molecule has 1 unspecified atom stereocenters. The van der Waals surface area contributed by atoms with Gasteiger partial charge in [0.1, 0.15) is 11.4 Å². The molecular weight excluding hydrogens is 557 g/mol. The maximum absolute atomic E-state index is 13.6. The number of anilines is 2. The van der Waals surface area contributed by atoms with Crippen LogP contribution >= 0.6 is 23.2 Å². The molecule has 1 fully saturated rings. The van der Waals surface area contributed by atoms with E-state index in [4.69, 9.17) is 27.9 Å². The highest BCUT2D eigenvalue weighted by Gasteiger charge is 2.30. The van der Waals surface area contributed by atoms with E-state index in [1.165, 1.54) is 0 Å². The summed E-state index contributed by atoms with van der Waals surface area (Å²) in [4.78, 5) is 32.2. The molecule has 1 aromatic heterocycles. The van der Waals surface area contributed by atoms with Gasteiger partial charge >= 0.3 is 0 Å². The highest BCUT2D eigenvalue weighted by atomic mass is 35.5. The molecule has 1 aliphatic heterocycles. The van der Waals surface area contributed by atoms with Gasteiger partial charge in [0.25, 0.3) is 5.56 Å². The third-order valence-corrected chi connectivity index (χ3v) is 7.76. The van der Waals surface area contributed by atoms with E-state index in [0.29, 0.717) is 57.9 Å². The summed E-state index contributed by atoms with van der Waals surface area (Å²) in [6.45, 7) is 1.04. The average Bonchev–Trinajstić information content (AvgIpc) is 2.99. The maximum Gasteiger partial charge on any atom is 0.272 e. The highest BCUT2D eigenvalue weighted by molar-refractivity contribution is 6.31. The molecule has 0 aliphatic carbocycles. The Hall–Kier alpha value is -4.26. The Balaban J connectivity index is 1.32. The summed E-state index contributed by atoms with van der Waals surface area (Å²) in [7, 11) is 0. The van der Waals surface area contributed by atoms with Crippen molar-refractivity contribution in [1.29, 1.82) is 0 Å². The van der Waals surface area contributed by atoms with Crippen LogP contribution in [0.4, 0.5) is 11.4 Å². The smallest absolute Gasteiger partial charge is 0.272 e. The van der Waals surface area contributed by atoms with Gasteiger partial charge in [0.15, 0.2) is 5.75 Å². The van der Waals surface area contributed by atoms with Gasteiger partial charge in [-0.25, -0.2) is 0 Å². The molecule has 0 saturated carbocycles. The van der Waals surface area contributed by atoms with Crippen LogP contribution in [-0.2, 0) is 4.79 Å². The van der Waals surface area contributed by atoms with Gasteiger partial charge in [-0.2, -0.15) is 0 Å². The van der Waals surface area contributed by atoms with E-state index in [2.05, 4.69) is 10.3 Å². The molecule has 0 bridgehead atoms. The number of fused-ring (bicyclic) bond motifs is 1. The summed E-state index contributed by atoms with van der Waals surface area (Å²) in [5.74, 6) is 0.635. The van der Waals surface area contributed by atoms with Gasteiger partial charge in [-0.3, -0.25) is 9.59 Å². The molecule has 1 atom stereocenters. The number of carbonyl (C=O) groups is 1. The molecule has 0 radical (unpaired) electrons. The first kappa shape index (κ1) is 26.9. The molecule has 1 amide bonds. The molecule has 6 nitrogen and oxygen atoms in total. The first-order valence-corrected chi connectivity index (χ1v) is 14.2. The fraction of sp³-hybridized carbons (Fsp3) is 0.152. The molecule has 5 aromatic rings. The maximum atomic E-state index is 13.6. The quantitative estimate of drug-likeness (QED) is 0.211. The molecule has 4 aromatic carbocycles. The largest absolute Gasteiger partial charge is 0.455 e. The summed E-state index contributed by atoms with van der Waals surface area (Å²) in [5, 5.41) is 4.95. The van der Waals surface area contributed by atoms with E-state index in [0.717, 1.165) is 22.9 Å². The number of para-hydroxylation sites is 1. The number of amides is 1. The Morgan fingerprint density at radius 3 is 2.39 bits per heavy atom. The number of hydrogen-bond donors (Lipinski definition) is 2. The lowest BCUT2D eigenvalue weighted by atomic mass is 9.93. The molecule has 2 heterocycles. The van der Waals surface area contributed by atoms with Gasteiger partial charge < -0.3 is 19.9 Å². The number of aromatic amines is 1. The van der Waals surface area contributed by atoms with Crippen molar-refractivity contribution >= 4 is 51.4 Å². The molecule has 6 rings (SSSR count). The minimum atomic E-state index is -0.356. The van der Waals surface area contributed by atoms with E-state index in [1.807, 2.05) is 77.7 Å². The summed E-state index contributed by atoms with van der Waals surface area (Å²) in [6.07, 6.45) is 1.44. The number of hydrogen-bond acceptors (Lipinski definition) is 4. The topological polar surface area (TPSA) is 74.4 Å². The Morgan fingerprint density at radius 2 is 1.61 bits per heavy atom. The Bertz CT molecular complexity index is 1770. The fourth-order valence-electron chi connectivity index (χ4n) is 5.39. The van der Waals surface area contributed by atoms with E-state index < -0.39 is 0 Å². The first-order valence-electron chi connectivity index (χ1n) is 13.5. The van der Waals surface area contributed by atoms with E-state index in [-0.39, 0.29) is 17.4 Å². The van der Waals surface area contributed by atoms with Crippen molar-refractivity contribution in [3.63, 3.8) is 0 Å². The molecule has 2 N–H and O–H groups in total. The van der Waals surface area contributed by atoms with Crippen molar-refractivity contribution in [3.05, 3.63) is 117 Å². The monoisotopic (exact) mass is 583 g/mol. The number of halogens is 2. The number of benzene rings is 4. The molecule has 41 heavy (non-hydrogen) atoms. The van der Waals surface area contributed by atoms with Crippen LogP contribution in [0.2, 0.25) is 10.0 Å². The SMILES string of the molecule is O=C(Nc1cc(Cl)ccc1Oc1ccccc1)C1CCCN(c2c(-c3ccccc3)c3cc(Cl)ccc3[nH]c2=O)C1. The summed E-state index contributed by atoms with van der Waals surface area (Å²) >= 11 is 12.7. The number of rotatable bonds is 6. The van der Waals surface area contributed by atoms with E-state index >= 15 is 0 Å². The summed E-state index contributed by atoms with van der Waals surface area (Å²) < 4.78 is 6.03. The number of nitrogens with zero attached hydrogens (tertiary/aromatic N) is 1. The first-order chi connectivity index (χ1) is 20.0. The fourth-order valence-corrected chi connectivity index (χ4v) is 5.73. The minimum Gasteiger partial charge on any atom is -0.455 e. The van der Waals surface area contributed by atoms with Gasteiger partial charge in [-0.1, -0.05) is 71.7 Å². The van der Waals surface area contributed by atoms with E-state index in [1.54, 1.807) is 24.3 Å². The van der Waals surface area contributed by atoms with Crippen molar-refractivity contribution < 1.29 is 9.53 Å². The molecule has 8 heteroatoms. The standard InChI is InChI=1S/C33H27Cl2N3O3/c34-23-13-15-27-26(18-23)30(21-8-3-1-4-9-21)31(33(40)36-27)38-17-7-10-22(20-38)32(39)37-28-19-24(35)14-16-29(28)41-25-11-5-2-6-12-25/h1-6,8-9,11-16,18-19,22H,7,10,17,20H2,(H,36,40)(H,37,39). The van der Waals surface area contributed by atoms with Crippen molar-refractivity contribution in [2.75, 3.05) is 23.3 Å². The summed E-state index contributed by atoms with van der Waals surface area (Å²) in [6, 6.07) is 29.8. The second-order valence-corrected chi connectivity index (χ2v) is 10.9. The number of aromatic nitrogens is 1. The molecule has 1 saturated heterocycles. The second-order valence-electron chi connectivity index (χ2n) is 10.1. The molecule has 206 valence electrons. The second kappa shape index (κ2) is 11.7. The summed E-state index contributed by atoms with van der Waals surface area (Å²) in [5.41, 5.74) is 3.26. The van der Waals surface area contributed by atoms with Crippen molar-refractivity contribution in [2.45, 2.75) is 12.8 Å². The number of pyridine rings is 1. The normalized spacial score (nSPS) is 15.1. The highest BCUT2D eigenvalue weighted by Crippen LogP contribution is 2.38. The van der Waals surface area contributed by atoms with Gasteiger partial charge in [0.2, 0.25) is 5.91 Å². The zero-order chi connectivity index (χ0) is 28.3. The van der Waals surface area contributed by atoms with Crippen LogP contribution in [0.15, 0.2) is 102 Å². The number of H-pyrrole nitrogens is 1. The van der Waals surface area contributed by atoms with Crippen LogP contribution in [0.5, 0.6) is 11.5 Å². The van der Waals surface area contributed by atoms with Crippen molar-refractivity contribution in [3.8, 4) is 22.6 Å². The lowest BCUT2D eigenvalue weighted by molar-refractivity contribution is -0.120. The van der Waals surface area contributed by atoms with Crippen LogP contribution in [-0.4, -0.2) is 24.0 Å². The minimum absolute atomic E-state index is 0.156. The zero-order valence-corrected chi connectivity index (χ0v) is 23.6. The van der Waals surface area contributed by atoms with E-state index in [9.17, 15) is 9.59 Å². The number of piperidine rings is 1. The van der Waals surface area contributed by atoms with Gasteiger partial charge in [-0.15, -0.1) is 0 Å². The van der Waals surface area contributed by atoms with Crippen molar-refractivity contribution in [1.82, 2.24) is 4.98 Å². The molecule has 0 spiro atoms. The van der Waals surface area contributed by atoms with Gasteiger partial charge in [0, 0.05) is 39.6 Å². The third kappa shape index (κ3) is 5.80. The Morgan fingerprint density at radius 1 is 0.902 bits per heavy atom. The van der Waals surface area contributed by atoms with Gasteiger partial charge in [0.05, 0.1) is 11.6 Å². The Kier molecular flexibility index (Phi) is 7.68. The Labute approximate surface area is 247 Å². The number of nitrogens with one attached hydrogen (secondary N) is 2.